The summed E-state index contributed by atoms with van der Waals surface area (Å²) in [5, 5.41) is 10.9. The molecule has 4 N–H and O–H groups in total. The van der Waals surface area contributed by atoms with Gasteiger partial charge < -0.3 is 69.6 Å². The number of alkyl carbamates (subject to hydrolysis) is 1. The average Bonchev–Trinajstić information content (AvgIpc) is 0.815. The van der Waals surface area contributed by atoms with Gasteiger partial charge in [-0.25, -0.2) is 9.59 Å². The zero-order valence-corrected chi connectivity index (χ0v) is 69.1. The van der Waals surface area contributed by atoms with Crippen LogP contribution in [0.3, 0.4) is 0 Å². The summed E-state index contributed by atoms with van der Waals surface area (Å²) in [6.07, 6.45) is 6.96. The maximum atomic E-state index is 14.7. The Morgan fingerprint density at radius 3 is 1.11 bits per heavy atom. The molecule has 0 unspecified atom stereocenters. The number of hydrogen-bond acceptors (Lipinski definition) is 17. The van der Waals surface area contributed by atoms with Crippen LogP contribution in [-0.4, -0.2) is 252 Å². The number of hydrogen-bond donors (Lipinski definition) is 4. The SMILES string of the molecule is CCCCOC(=O)C[C@H](NC(=O)[C@H](C(C)C)N(C)C(=O)[C@H](Cc1ccccc1)N(C)C(=O)[C@H](C)NC(=O)OC(C)(C)C)C(=O)N1CCCCC1.CCCCOC(=O)C[C@H](NC(=O)[C@H](C(C)C)N(C)C(=O)[C@H](Cc1ccccc1)N(C)C(=O)[C@H](C)NC(=O)[C@H]([C@@H](C)CC)N(C)C(=O)OC(C)(C)C)C(=O)N1CCCCC1. The molecule has 4 rings (SSSR count). The Balaban J connectivity index is 0.000000573. The number of likely N-dealkylation sites (tertiary alicyclic amines) is 2. The Hall–Kier alpha value is -8.85. The van der Waals surface area contributed by atoms with Crippen LogP contribution in [0.4, 0.5) is 9.59 Å². The molecular formula is C81H131N11O17. The molecule has 2 aliphatic heterocycles. The van der Waals surface area contributed by atoms with Crippen molar-refractivity contribution in [3.63, 3.8) is 0 Å². The summed E-state index contributed by atoms with van der Waals surface area (Å²) in [7, 11) is 7.42. The molecule has 28 heteroatoms. The van der Waals surface area contributed by atoms with Gasteiger partial charge in [0.05, 0.1) is 26.1 Å². The van der Waals surface area contributed by atoms with E-state index in [4.69, 9.17) is 18.9 Å². The third kappa shape index (κ3) is 31.2. The molecule has 0 bridgehead atoms. The zero-order valence-electron chi connectivity index (χ0n) is 69.1. The van der Waals surface area contributed by atoms with Crippen molar-refractivity contribution in [1.82, 2.24) is 55.6 Å². The number of carbonyl (C=O) groups is 13. The van der Waals surface area contributed by atoms with Gasteiger partial charge in [-0.3, -0.25) is 57.6 Å². The number of unbranched alkanes of at least 4 members (excludes halogenated alkanes) is 2. The average molecular weight is 1530 g/mol. The number of nitrogens with zero attached hydrogens (tertiary/aromatic N) is 7. The van der Waals surface area contributed by atoms with Crippen LogP contribution in [0.2, 0.25) is 0 Å². The fraction of sp³-hybridized carbons (Fsp3) is 0.691. The van der Waals surface area contributed by atoms with Gasteiger partial charge in [0.25, 0.3) is 0 Å². The van der Waals surface area contributed by atoms with Crippen molar-refractivity contribution in [3.8, 4) is 0 Å². The number of piperidine rings is 2. The molecule has 2 heterocycles. The number of ether oxygens (including phenoxy) is 4. The molecule has 0 spiro atoms. The molecule has 0 saturated carbocycles. The van der Waals surface area contributed by atoms with Crippen molar-refractivity contribution in [3.05, 3.63) is 71.8 Å². The molecule has 0 radical (unpaired) electrons. The highest BCUT2D eigenvalue weighted by Crippen LogP contribution is 2.24. The molecule has 11 amide bonds. The molecule has 0 aliphatic carbocycles. The fourth-order valence-corrected chi connectivity index (χ4v) is 13.1. The van der Waals surface area contributed by atoms with Crippen LogP contribution in [0.1, 0.15) is 205 Å². The highest BCUT2D eigenvalue weighted by Gasteiger charge is 2.43. The molecular weight excluding hydrogens is 1400 g/mol. The van der Waals surface area contributed by atoms with Crippen molar-refractivity contribution < 1.29 is 81.3 Å². The number of esters is 2. The summed E-state index contributed by atoms with van der Waals surface area (Å²) in [5.74, 6) is -6.98. The molecule has 2 aromatic rings. The number of carbonyl (C=O) groups excluding carboxylic acids is 13. The van der Waals surface area contributed by atoms with E-state index in [1.54, 1.807) is 79.0 Å². The Kier molecular flexibility index (Phi) is 39.8. The van der Waals surface area contributed by atoms with Crippen LogP contribution in [-0.2, 0) is 84.5 Å². The van der Waals surface area contributed by atoms with Gasteiger partial charge in [-0.1, -0.05) is 135 Å². The summed E-state index contributed by atoms with van der Waals surface area (Å²) in [5.41, 5.74) is -0.0198. The second-order valence-electron chi connectivity index (χ2n) is 31.6. The third-order valence-corrected chi connectivity index (χ3v) is 19.3. The normalized spacial score (nSPS) is 15.8. The molecule has 2 aromatic carbocycles. The van der Waals surface area contributed by atoms with Gasteiger partial charge in [0.1, 0.15) is 65.6 Å². The first kappa shape index (κ1) is 94.4. The second kappa shape index (κ2) is 46.0. The first-order chi connectivity index (χ1) is 51.1. The summed E-state index contributed by atoms with van der Waals surface area (Å²) < 4.78 is 21.5. The maximum absolute atomic E-state index is 14.7. The Labute approximate surface area is 648 Å². The van der Waals surface area contributed by atoms with Crippen molar-refractivity contribution in [2.45, 2.75) is 273 Å². The lowest BCUT2D eigenvalue weighted by Gasteiger charge is -2.38. The third-order valence-electron chi connectivity index (χ3n) is 19.3. The molecule has 2 aliphatic rings. The van der Waals surface area contributed by atoms with Crippen molar-refractivity contribution in [1.29, 1.82) is 0 Å². The van der Waals surface area contributed by atoms with E-state index >= 15 is 0 Å². The van der Waals surface area contributed by atoms with E-state index in [1.807, 2.05) is 88.4 Å². The lowest BCUT2D eigenvalue weighted by Crippen LogP contribution is -2.61. The minimum atomic E-state index is -1.19. The number of nitrogens with one attached hydrogen (secondary N) is 4. The Morgan fingerprint density at radius 2 is 0.780 bits per heavy atom. The van der Waals surface area contributed by atoms with E-state index in [0.29, 0.717) is 45.4 Å². The summed E-state index contributed by atoms with van der Waals surface area (Å²) >= 11 is 0. The minimum Gasteiger partial charge on any atom is -0.466 e. The molecule has 10 atom stereocenters. The largest absolute Gasteiger partial charge is 0.466 e. The van der Waals surface area contributed by atoms with Gasteiger partial charge in [-0.15, -0.1) is 0 Å². The van der Waals surface area contributed by atoms with Gasteiger partial charge in [0, 0.05) is 74.3 Å². The molecule has 612 valence electrons. The smallest absolute Gasteiger partial charge is 0.410 e. The quantitative estimate of drug-likeness (QED) is 0.0283. The van der Waals surface area contributed by atoms with Gasteiger partial charge >= 0.3 is 24.1 Å². The molecule has 28 nitrogen and oxygen atoms in total. The van der Waals surface area contributed by atoms with Gasteiger partial charge in [-0.2, -0.15) is 0 Å². The summed E-state index contributed by atoms with van der Waals surface area (Å²) in [6.45, 7) is 30.7. The van der Waals surface area contributed by atoms with Crippen LogP contribution < -0.4 is 21.3 Å². The van der Waals surface area contributed by atoms with E-state index in [0.717, 1.165) is 62.5 Å². The molecule has 2 fully saturated rings. The monoisotopic (exact) mass is 1530 g/mol. The van der Waals surface area contributed by atoms with Crippen molar-refractivity contribution >= 4 is 77.3 Å². The van der Waals surface area contributed by atoms with E-state index < -0.39 is 143 Å². The molecule has 109 heavy (non-hydrogen) atoms. The topological polar surface area (TPSA) is 330 Å². The number of rotatable bonds is 36. The molecule has 2 saturated heterocycles. The summed E-state index contributed by atoms with van der Waals surface area (Å²) in [4.78, 5) is 187. The van der Waals surface area contributed by atoms with Crippen LogP contribution in [0.25, 0.3) is 0 Å². The van der Waals surface area contributed by atoms with E-state index in [2.05, 4.69) is 21.3 Å². The van der Waals surface area contributed by atoms with E-state index in [9.17, 15) is 62.3 Å². The second-order valence-corrected chi connectivity index (χ2v) is 31.6. The number of likely N-dealkylation sites (N-methyl/N-ethyl adjacent to an activating group) is 5. The number of benzene rings is 2. The maximum Gasteiger partial charge on any atom is 0.410 e. The van der Waals surface area contributed by atoms with Crippen LogP contribution in [0.5, 0.6) is 0 Å². The van der Waals surface area contributed by atoms with Crippen molar-refractivity contribution in [2.24, 2.45) is 17.8 Å². The Morgan fingerprint density at radius 1 is 0.431 bits per heavy atom. The van der Waals surface area contributed by atoms with Gasteiger partial charge in [0.15, 0.2) is 0 Å². The van der Waals surface area contributed by atoms with Crippen molar-refractivity contribution in [2.75, 3.05) is 74.6 Å². The molecule has 0 aromatic heterocycles. The van der Waals surface area contributed by atoms with Crippen LogP contribution in [0, 0.1) is 17.8 Å². The fourth-order valence-electron chi connectivity index (χ4n) is 13.1. The lowest BCUT2D eigenvalue weighted by molar-refractivity contribution is -0.151. The minimum absolute atomic E-state index is 0.0932. The van der Waals surface area contributed by atoms with Crippen LogP contribution in [0.15, 0.2) is 60.7 Å². The lowest BCUT2D eigenvalue weighted by atomic mass is 9.96. The Bertz CT molecular complexity index is 3280. The standard InChI is InChI=1S/C44H72N6O9.C37H59N5O8/c1-13-15-26-58-35(51)28-33(41(55)50-24-20-17-21-25-50)46-38(52)36(29(3)4)48(11)42(56)34(27-32-22-18-16-19-23-32)47(10)40(54)31(6)45-39(53)37(30(5)14-2)49(12)43(57)59-44(7,8)9;1-10-11-22-49-30(43)24-28(34(46)42-20-16-13-17-21-42)39-32(44)31(25(2)3)41(9)35(47)29(23-27-18-14-12-15-19-27)40(8)33(45)26(4)38-36(48)50-37(5,6)7/h16,18-19,22-23,29-31,33-34,36-37H,13-15,17,20-21,24-28H2,1-12H3,(H,45,53)(H,46,52);12,14-15,18-19,25-26,28-29,31H,10-11,13,16-17,20-24H2,1-9H3,(H,38,48)(H,39,44)/t30-,31-,33-,34-,36-,37-;26-,28-,29-,31-/m00/s1. The first-order valence-corrected chi connectivity index (χ1v) is 39.0. The number of amides is 11. The van der Waals surface area contributed by atoms with Gasteiger partial charge in [0.2, 0.25) is 53.2 Å². The van der Waals surface area contributed by atoms with E-state index in [1.165, 1.54) is 73.6 Å². The zero-order chi connectivity index (χ0) is 82.2. The van der Waals surface area contributed by atoms with Crippen LogP contribution >= 0.6 is 0 Å². The summed E-state index contributed by atoms with van der Waals surface area (Å²) in [6, 6.07) is 8.57. The first-order valence-electron chi connectivity index (χ1n) is 39.0. The van der Waals surface area contributed by atoms with Gasteiger partial charge in [-0.05, 0) is 136 Å². The predicted molar refractivity (Wildman–Crippen MR) is 416 cm³/mol. The highest BCUT2D eigenvalue weighted by molar-refractivity contribution is 5.99. The van der Waals surface area contributed by atoms with E-state index in [-0.39, 0.29) is 56.6 Å². The highest BCUT2D eigenvalue weighted by atomic mass is 16.6. The predicted octanol–water partition coefficient (Wildman–Crippen LogP) is 8.24.